The SMILES string of the molecule is O=C(CCN1C(=O)CNC1=O)Nc1ccc(NC(=O)NC2COc3c2ccc(Cl)c3Cl)cc1. The molecule has 4 N–H and O–H groups in total. The molecule has 12 heteroatoms. The van der Waals surface area contributed by atoms with E-state index in [9.17, 15) is 19.2 Å². The molecule has 6 amide bonds. The Morgan fingerprint density at radius 2 is 1.76 bits per heavy atom. The molecule has 0 bridgehead atoms. The first-order valence-electron chi connectivity index (χ1n) is 9.98. The van der Waals surface area contributed by atoms with Crippen LogP contribution in [-0.4, -0.2) is 48.5 Å². The maximum Gasteiger partial charge on any atom is 0.324 e. The monoisotopic (exact) mass is 491 g/mol. The molecule has 0 saturated carbocycles. The minimum absolute atomic E-state index is 0.00172. The van der Waals surface area contributed by atoms with Gasteiger partial charge in [0.25, 0.3) is 0 Å². The van der Waals surface area contributed by atoms with E-state index in [0.29, 0.717) is 27.2 Å². The third kappa shape index (κ3) is 5.12. The summed E-state index contributed by atoms with van der Waals surface area (Å²) in [5, 5.41) is 11.3. The number of hydrogen-bond acceptors (Lipinski definition) is 5. The molecule has 1 atom stereocenters. The normalized spacial score (nSPS) is 16.7. The van der Waals surface area contributed by atoms with Crippen LogP contribution >= 0.6 is 23.2 Å². The van der Waals surface area contributed by atoms with E-state index in [4.69, 9.17) is 27.9 Å². The molecule has 33 heavy (non-hydrogen) atoms. The van der Waals surface area contributed by atoms with Crippen LogP contribution in [0, 0.1) is 0 Å². The lowest BCUT2D eigenvalue weighted by Gasteiger charge is -2.14. The minimum atomic E-state index is -0.499. The molecule has 0 radical (unpaired) electrons. The number of carbonyl (C=O) groups excluding carboxylic acids is 4. The summed E-state index contributed by atoms with van der Waals surface area (Å²) in [7, 11) is 0. The van der Waals surface area contributed by atoms with Crippen LogP contribution < -0.4 is 26.0 Å². The molecule has 2 aromatic carbocycles. The van der Waals surface area contributed by atoms with E-state index in [1.807, 2.05) is 0 Å². The van der Waals surface area contributed by atoms with Gasteiger partial charge in [-0.25, -0.2) is 9.59 Å². The Morgan fingerprint density at radius 3 is 2.42 bits per heavy atom. The van der Waals surface area contributed by atoms with Crippen LogP contribution in [0.25, 0.3) is 0 Å². The first kappa shape index (κ1) is 22.7. The second-order valence-electron chi connectivity index (χ2n) is 7.32. The lowest BCUT2D eigenvalue weighted by atomic mass is 10.1. The van der Waals surface area contributed by atoms with Gasteiger partial charge in [-0.3, -0.25) is 14.5 Å². The average molecular weight is 492 g/mol. The molecule has 0 aromatic heterocycles. The number of rotatable bonds is 6. The largest absolute Gasteiger partial charge is 0.489 e. The molecule has 2 heterocycles. The van der Waals surface area contributed by atoms with Crippen molar-refractivity contribution in [1.82, 2.24) is 15.5 Å². The van der Waals surface area contributed by atoms with Crippen LogP contribution in [0.1, 0.15) is 18.0 Å². The zero-order valence-electron chi connectivity index (χ0n) is 17.1. The number of halogens is 2. The fourth-order valence-corrected chi connectivity index (χ4v) is 3.80. The number of benzene rings is 2. The predicted octanol–water partition coefficient (Wildman–Crippen LogP) is 3.13. The Kier molecular flexibility index (Phi) is 6.57. The number of anilines is 2. The molecule has 1 fully saturated rings. The zero-order valence-corrected chi connectivity index (χ0v) is 18.6. The molecule has 172 valence electrons. The average Bonchev–Trinajstić information content (AvgIpc) is 3.33. The summed E-state index contributed by atoms with van der Waals surface area (Å²) in [4.78, 5) is 48.5. The van der Waals surface area contributed by atoms with Crippen LogP contribution in [0.4, 0.5) is 21.0 Å². The van der Waals surface area contributed by atoms with Gasteiger partial charge in [-0.05, 0) is 30.3 Å². The lowest BCUT2D eigenvalue weighted by molar-refractivity contribution is -0.125. The Morgan fingerprint density at radius 1 is 1.06 bits per heavy atom. The first-order chi connectivity index (χ1) is 15.8. The molecule has 1 saturated heterocycles. The van der Waals surface area contributed by atoms with Gasteiger partial charge in [0, 0.05) is 29.9 Å². The van der Waals surface area contributed by atoms with Crippen molar-refractivity contribution >= 4 is 58.5 Å². The molecule has 0 aliphatic carbocycles. The quantitative estimate of drug-likeness (QED) is 0.461. The molecular weight excluding hydrogens is 473 g/mol. The van der Waals surface area contributed by atoms with Crippen LogP contribution in [0.3, 0.4) is 0 Å². The van der Waals surface area contributed by atoms with Crippen molar-refractivity contribution in [2.24, 2.45) is 0 Å². The number of hydrogen-bond donors (Lipinski definition) is 4. The number of urea groups is 2. The Balaban J connectivity index is 1.26. The van der Waals surface area contributed by atoms with E-state index in [1.165, 1.54) is 0 Å². The van der Waals surface area contributed by atoms with Gasteiger partial charge in [0.15, 0.2) is 0 Å². The highest BCUT2D eigenvalue weighted by Gasteiger charge is 2.29. The van der Waals surface area contributed by atoms with Gasteiger partial charge in [0.1, 0.15) is 17.4 Å². The number of fused-ring (bicyclic) bond motifs is 1. The number of nitrogens with zero attached hydrogens (tertiary/aromatic N) is 1. The minimum Gasteiger partial charge on any atom is -0.489 e. The van der Waals surface area contributed by atoms with Gasteiger partial charge >= 0.3 is 12.1 Å². The second kappa shape index (κ2) is 9.55. The smallest absolute Gasteiger partial charge is 0.324 e. The number of amides is 6. The predicted molar refractivity (Wildman–Crippen MR) is 122 cm³/mol. The molecule has 2 aromatic rings. The standard InChI is InChI=1S/C21H19Cl2N5O5/c22-14-6-5-13-15(10-33-19(13)18(14)23)27-20(31)26-12-3-1-11(2-4-12)25-16(29)7-8-28-17(30)9-24-21(28)32/h1-6,15H,7-10H2,(H,24,32)(H,25,29)(H2,26,27,31). The molecule has 4 rings (SSSR count). The number of nitrogens with one attached hydrogen (secondary N) is 4. The molecular formula is C21H19Cl2N5O5. The van der Waals surface area contributed by atoms with Gasteiger partial charge < -0.3 is 26.0 Å². The van der Waals surface area contributed by atoms with Crippen molar-refractivity contribution < 1.29 is 23.9 Å². The first-order valence-corrected chi connectivity index (χ1v) is 10.7. The zero-order chi connectivity index (χ0) is 23.5. The van der Waals surface area contributed by atoms with Gasteiger partial charge in [0.2, 0.25) is 11.8 Å². The summed E-state index contributed by atoms with van der Waals surface area (Å²) in [6.07, 6.45) is -0.0261. The van der Waals surface area contributed by atoms with Crippen LogP contribution in [0.5, 0.6) is 5.75 Å². The highest BCUT2D eigenvalue weighted by Crippen LogP contribution is 2.42. The van der Waals surface area contributed by atoms with Crippen LogP contribution in [-0.2, 0) is 9.59 Å². The van der Waals surface area contributed by atoms with Crippen molar-refractivity contribution in [2.75, 3.05) is 30.3 Å². The van der Waals surface area contributed by atoms with Gasteiger partial charge in [-0.15, -0.1) is 0 Å². The van der Waals surface area contributed by atoms with E-state index in [-0.39, 0.29) is 44.0 Å². The summed E-state index contributed by atoms with van der Waals surface area (Å²) in [5.74, 6) is -0.245. The van der Waals surface area contributed by atoms with Crippen LogP contribution in [0.15, 0.2) is 36.4 Å². The van der Waals surface area contributed by atoms with Crippen molar-refractivity contribution in [2.45, 2.75) is 12.5 Å². The van der Waals surface area contributed by atoms with Gasteiger partial charge in [-0.1, -0.05) is 29.3 Å². The fourth-order valence-electron chi connectivity index (χ4n) is 3.42. The molecule has 10 nitrogen and oxygen atoms in total. The summed E-state index contributed by atoms with van der Waals surface area (Å²) < 4.78 is 5.55. The van der Waals surface area contributed by atoms with E-state index in [1.54, 1.807) is 36.4 Å². The molecule has 1 unspecified atom stereocenters. The molecule has 2 aliphatic rings. The third-order valence-electron chi connectivity index (χ3n) is 5.08. The maximum absolute atomic E-state index is 12.4. The van der Waals surface area contributed by atoms with E-state index in [0.717, 1.165) is 10.5 Å². The van der Waals surface area contributed by atoms with E-state index < -0.39 is 12.1 Å². The van der Waals surface area contributed by atoms with E-state index >= 15 is 0 Å². The van der Waals surface area contributed by atoms with E-state index in [2.05, 4.69) is 21.3 Å². The summed E-state index contributed by atoms with van der Waals surface area (Å²) in [6.45, 7) is 0.186. The summed E-state index contributed by atoms with van der Waals surface area (Å²) in [6, 6.07) is 8.59. The Labute approximate surface area is 198 Å². The van der Waals surface area contributed by atoms with Crippen molar-refractivity contribution in [3.8, 4) is 5.75 Å². The van der Waals surface area contributed by atoms with Crippen molar-refractivity contribution in [3.63, 3.8) is 0 Å². The number of imide groups is 1. The molecule has 2 aliphatic heterocycles. The highest BCUT2D eigenvalue weighted by molar-refractivity contribution is 6.43. The van der Waals surface area contributed by atoms with Gasteiger partial charge in [-0.2, -0.15) is 0 Å². The lowest BCUT2D eigenvalue weighted by Crippen LogP contribution is -2.33. The highest BCUT2D eigenvalue weighted by atomic mass is 35.5. The molecule has 0 spiro atoms. The number of ether oxygens (including phenoxy) is 1. The second-order valence-corrected chi connectivity index (χ2v) is 8.11. The summed E-state index contributed by atoms with van der Waals surface area (Å²) >= 11 is 12.1. The van der Waals surface area contributed by atoms with Crippen LogP contribution in [0.2, 0.25) is 10.0 Å². The van der Waals surface area contributed by atoms with Crippen molar-refractivity contribution in [3.05, 3.63) is 52.0 Å². The maximum atomic E-state index is 12.4. The van der Waals surface area contributed by atoms with Crippen molar-refractivity contribution in [1.29, 1.82) is 0 Å². The van der Waals surface area contributed by atoms with Gasteiger partial charge in [0.05, 0.1) is 17.6 Å². The Bertz CT molecular complexity index is 1110. The number of carbonyl (C=O) groups is 4. The summed E-state index contributed by atoms with van der Waals surface area (Å²) in [5.41, 5.74) is 1.76. The fraction of sp³-hybridized carbons (Fsp3) is 0.238. The Hall–Kier alpha value is -3.50. The third-order valence-corrected chi connectivity index (χ3v) is 5.87. The topological polar surface area (TPSA) is 129 Å².